The molecule has 39 heavy (non-hydrogen) atoms. The number of aromatic nitrogens is 2. The van der Waals surface area contributed by atoms with E-state index in [1.165, 1.54) is 18.4 Å². The Kier molecular flexibility index (Phi) is 6.93. The second-order valence-corrected chi connectivity index (χ2v) is 10.2. The Morgan fingerprint density at radius 1 is 1.10 bits per heavy atom. The lowest BCUT2D eigenvalue weighted by Gasteiger charge is -2.25. The third-order valence-electron chi connectivity index (χ3n) is 6.89. The van der Waals surface area contributed by atoms with Crippen molar-refractivity contribution < 1.29 is 19.4 Å². The molecule has 0 fully saturated rings. The number of carboxylic acid groups (broad SMARTS) is 1. The fourth-order valence-corrected chi connectivity index (χ4v) is 6.05. The van der Waals surface area contributed by atoms with Gasteiger partial charge in [-0.15, -0.1) is 0 Å². The van der Waals surface area contributed by atoms with Crippen molar-refractivity contribution in [1.82, 2.24) is 9.13 Å². The van der Waals surface area contributed by atoms with Crippen LogP contribution in [0.5, 0.6) is 0 Å². The summed E-state index contributed by atoms with van der Waals surface area (Å²) in [4.78, 5) is 43.3. The zero-order valence-electron chi connectivity index (χ0n) is 22.0. The smallest absolute Gasteiger partial charge is 0.338 e. The second-order valence-electron chi connectivity index (χ2n) is 9.21. The highest BCUT2D eigenvalue weighted by Gasteiger charge is 2.33. The van der Waals surface area contributed by atoms with E-state index in [1.54, 1.807) is 28.8 Å². The minimum absolute atomic E-state index is 0.216. The van der Waals surface area contributed by atoms with Crippen molar-refractivity contribution in [2.45, 2.75) is 33.2 Å². The molecule has 4 aromatic rings. The predicted molar refractivity (Wildman–Crippen MR) is 149 cm³/mol. The number of hydrogen-bond donors (Lipinski definition) is 1. The van der Waals surface area contributed by atoms with Gasteiger partial charge in [0.2, 0.25) is 0 Å². The molecule has 0 radical (unpaired) electrons. The summed E-state index contributed by atoms with van der Waals surface area (Å²) in [5, 5.41) is 9.23. The molecule has 0 saturated carbocycles. The monoisotopic (exact) mass is 541 g/mol. The van der Waals surface area contributed by atoms with Gasteiger partial charge in [0.15, 0.2) is 4.80 Å². The first-order valence-electron chi connectivity index (χ1n) is 12.5. The molecule has 0 saturated heterocycles. The van der Waals surface area contributed by atoms with Crippen molar-refractivity contribution in [3.63, 3.8) is 0 Å². The average molecular weight is 542 g/mol. The van der Waals surface area contributed by atoms with E-state index in [1.807, 2.05) is 67.8 Å². The van der Waals surface area contributed by atoms with Gasteiger partial charge in [0.1, 0.15) is 0 Å². The van der Waals surface area contributed by atoms with Crippen molar-refractivity contribution in [1.29, 1.82) is 0 Å². The van der Waals surface area contributed by atoms with Gasteiger partial charge in [0.05, 0.1) is 34.5 Å². The molecule has 1 aliphatic heterocycles. The van der Waals surface area contributed by atoms with E-state index in [4.69, 9.17) is 9.73 Å². The molecule has 0 bridgehead atoms. The van der Waals surface area contributed by atoms with Crippen LogP contribution in [0.4, 0.5) is 0 Å². The highest BCUT2D eigenvalue weighted by molar-refractivity contribution is 7.07. The molecular weight excluding hydrogens is 514 g/mol. The van der Waals surface area contributed by atoms with Crippen LogP contribution in [0.1, 0.15) is 52.3 Å². The summed E-state index contributed by atoms with van der Waals surface area (Å²) in [6.07, 6.45) is 2.37. The molecule has 2 aromatic heterocycles. The first kappa shape index (κ1) is 26.1. The summed E-state index contributed by atoms with van der Waals surface area (Å²) >= 11 is 1.29. The Bertz CT molecular complexity index is 1810. The van der Waals surface area contributed by atoms with Crippen LogP contribution < -0.4 is 14.9 Å². The Morgan fingerprint density at radius 3 is 2.41 bits per heavy atom. The topological polar surface area (TPSA) is 103 Å². The lowest BCUT2D eigenvalue weighted by molar-refractivity contribution is -0.136. The SMILES string of the molecule is CCC1=C(C(=O)OC)[C@H](c2ccccc2)n2c(s/c(=C\c3cc(C)n(-c4ccc(C(=O)O)cc4)c3C)c2=O)=N1. The van der Waals surface area contributed by atoms with Crippen molar-refractivity contribution in [3.05, 3.63) is 120 Å². The molecular formula is C30H27N3O5S. The summed E-state index contributed by atoms with van der Waals surface area (Å²) in [6, 6.07) is 17.5. The molecule has 0 unspecified atom stereocenters. The van der Waals surface area contributed by atoms with Gasteiger partial charge in [-0.3, -0.25) is 9.36 Å². The van der Waals surface area contributed by atoms with Crippen LogP contribution in [-0.4, -0.2) is 33.3 Å². The van der Waals surface area contributed by atoms with Crippen molar-refractivity contribution in [3.8, 4) is 5.69 Å². The molecule has 8 nitrogen and oxygen atoms in total. The maximum Gasteiger partial charge on any atom is 0.338 e. The number of rotatable bonds is 6. The van der Waals surface area contributed by atoms with Crippen molar-refractivity contribution in [2.24, 2.45) is 4.99 Å². The van der Waals surface area contributed by atoms with Crippen LogP contribution in [-0.2, 0) is 9.53 Å². The minimum atomic E-state index is -0.978. The molecule has 198 valence electrons. The molecule has 2 aromatic carbocycles. The Morgan fingerprint density at radius 2 is 1.79 bits per heavy atom. The Hall–Kier alpha value is -4.50. The number of benzene rings is 2. The van der Waals surface area contributed by atoms with E-state index in [-0.39, 0.29) is 11.1 Å². The van der Waals surface area contributed by atoms with E-state index < -0.39 is 18.0 Å². The van der Waals surface area contributed by atoms with E-state index in [2.05, 4.69) is 0 Å². The summed E-state index contributed by atoms with van der Waals surface area (Å²) < 4.78 is 9.22. The van der Waals surface area contributed by atoms with Gasteiger partial charge >= 0.3 is 11.9 Å². The predicted octanol–water partition coefficient (Wildman–Crippen LogP) is 3.90. The van der Waals surface area contributed by atoms with Crippen LogP contribution in [0.25, 0.3) is 11.8 Å². The van der Waals surface area contributed by atoms with Crippen LogP contribution in [0, 0.1) is 13.8 Å². The van der Waals surface area contributed by atoms with Crippen molar-refractivity contribution >= 4 is 29.4 Å². The van der Waals surface area contributed by atoms with Gasteiger partial charge in [-0.2, -0.15) is 0 Å². The summed E-state index contributed by atoms with van der Waals surface area (Å²) in [6.45, 7) is 5.84. The van der Waals surface area contributed by atoms with Gasteiger partial charge in [0, 0.05) is 17.1 Å². The first-order valence-corrected chi connectivity index (χ1v) is 13.3. The standard InChI is InChI=1S/C30H27N3O5S/c1-5-23-25(29(37)38-4)26(19-9-7-6-8-10-19)33-27(34)24(39-30(33)31-23)16-21-15-17(2)32(18(21)3)22-13-11-20(12-14-22)28(35)36/h6-16,26H,5H2,1-4H3,(H,35,36)/b24-16-/t26-/m0/s1. The average Bonchev–Trinajstić information content (AvgIpc) is 3.41. The number of aromatic carboxylic acids is 1. The molecule has 0 amide bonds. The highest BCUT2D eigenvalue weighted by Crippen LogP contribution is 2.31. The van der Waals surface area contributed by atoms with Gasteiger partial charge in [-0.1, -0.05) is 48.6 Å². The van der Waals surface area contributed by atoms with E-state index in [0.717, 1.165) is 28.2 Å². The number of methoxy groups -OCH3 is 1. The molecule has 5 rings (SSSR count). The number of nitrogens with zero attached hydrogens (tertiary/aromatic N) is 3. The molecule has 0 spiro atoms. The maximum absolute atomic E-state index is 13.9. The fourth-order valence-electron chi connectivity index (χ4n) is 5.04. The Balaban J connectivity index is 1.68. The lowest BCUT2D eigenvalue weighted by atomic mass is 9.95. The number of thiazole rings is 1. The molecule has 1 atom stereocenters. The van der Waals surface area contributed by atoms with Gasteiger partial charge in [-0.05, 0) is 67.8 Å². The number of hydrogen-bond acceptors (Lipinski definition) is 6. The van der Waals surface area contributed by atoms with Crippen molar-refractivity contribution in [2.75, 3.05) is 7.11 Å². The summed E-state index contributed by atoms with van der Waals surface area (Å²) in [5.74, 6) is -1.48. The summed E-state index contributed by atoms with van der Waals surface area (Å²) in [5.41, 5.74) is 5.29. The number of allylic oxidation sites excluding steroid dienone is 1. The molecule has 9 heteroatoms. The van der Waals surface area contributed by atoms with Gasteiger partial charge in [0.25, 0.3) is 5.56 Å². The minimum Gasteiger partial charge on any atom is -0.478 e. The number of ether oxygens (including phenoxy) is 1. The van der Waals surface area contributed by atoms with E-state index in [9.17, 15) is 19.5 Å². The number of carbonyl (C=O) groups excluding carboxylic acids is 1. The maximum atomic E-state index is 13.9. The third-order valence-corrected chi connectivity index (χ3v) is 7.88. The number of fused-ring (bicyclic) bond motifs is 1. The van der Waals surface area contributed by atoms with Crippen LogP contribution in [0.3, 0.4) is 0 Å². The van der Waals surface area contributed by atoms with Crippen LogP contribution in [0.2, 0.25) is 0 Å². The molecule has 3 heterocycles. The number of esters is 1. The Labute approximate surface area is 228 Å². The van der Waals surface area contributed by atoms with E-state index in [0.29, 0.717) is 27.0 Å². The fraction of sp³-hybridized carbons (Fsp3) is 0.200. The number of aryl methyl sites for hydroxylation is 1. The van der Waals surface area contributed by atoms with E-state index >= 15 is 0 Å². The number of carboxylic acids is 1. The van der Waals surface area contributed by atoms with Gasteiger partial charge in [-0.25, -0.2) is 14.6 Å². The zero-order valence-corrected chi connectivity index (χ0v) is 22.8. The summed E-state index contributed by atoms with van der Waals surface area (Å²) in [7, 11) is 1.33. The normalized spacial score (nSPS) is 15.2. The second kappa shape index (κ2) is 10.3. The molecule has 1 aliphatic rings. The molecule has 0 aliphatic carbocycles. The lowest BCUT2D eigenvalue weighted by Crippen LogP contribution is -2.40. The van der Waals surface area contributed by atoms with Crippen LogP contribution in [0.15, 0.2) is 81.7 Å². The van der Waals surface area contributed by atoms with Gasteiger partial charge < -0.3 is 14.4 Å². The first-order chi connectivity index (χ1) is 18.7. The van der Waals surface area contributed by atoms with Crippen LogP contribution >= 0.6 is 11.3 Å². The zero-order chi connectivity index (χ0) is 27.8. The largest absolute Gasteiger partial charge is 0.478 e. The number of carbonyl (C=O) groups is 2. The quantitative estimate of drug-likeness (QED) is 0.373. The third kappa shape index (κ3) is 4.55. The molecule has 1 N–H and O–H groups in total. The highest BCUT2D eigenvalue weighted by atomic mass is 32.1.